The molecule has 2 N–H and O–H groups in total. The van der Waals surface area contributed by atoms with E-state index in [0.29, 0.717) is 32.4 Å². The van der Waals surface area contributed by atoms with Gasteiger partial charge in [0.2, 0.25) is 0 Å². The van der Waals surface area contributed by atoms with E-state index < -0.39 is 40.8 Å². The Kier molecular flexibility index (Phi) is 5.66. The fraction of sp³-hybridized carbons (Fsp3) is 0.0952. The second kappa shape index (κ2) is 8.38. The number of alkyl halides is 6. The van der Waals surface area contributed by atoms with Crippen LogP contribution in [0.3, 0.4) is 0 Å². The van der Waals surface area contributed by atoms with Gasteiger partial charge in [0.15, 0.2) is 0 Å². The van der Waals surface area contributed by atoms with E-state index in [-0.39, 0.29) is 17.2 Å². The fourth-order valence-corrected chi connectivity index (χ4v) is 3.16. The van der Waals surface area contributed by atoms with Gasteiger partial charge in [0.25, 0.3) is 5.91 Å². The zero-order valence-corrected chi connectivity index (χ0v) is 17.2. The first-order valence-corrected chi connectivity index (χ1v) is 9.53. The van der Waals surface area contributed by atoms with Gasteiger partial charge in [-0.1, -0.05) is 0 Å². The van der Waals surface area contributed by atoms with Crippen LogP contribution in [0, 0.1) is 0 Å². The van der Waals surface area contributed by atoms with E-state index in [1.807, 2.05) is 0 Å². The fourth-order valence-electron chi connectivity index (χ4n) is 3.16. The van der Waals surface area contributed by atoms with Crippen LogP contribution in [0.4, 0.5) is 26.3 Å². The van der Waals surface area contributed by atoms with Crippen LogP contribution >= 0.6 is 0 Å². The molecule has 1 aromatic carbocycles. The average Bonchev–Trinajstić information content (AvgIpc) is 3.15. The van der Waals surface area contributed by atoms with E-state index in [2.05, 4.69) is 15.1 Å². The number of hydrogen-bond donors (Lipinski definition) is 1. The zero-order valence-electron chi connectivity index (χ0n) is 17.2. The van der Waals surface area contributed by atoms with Gasteiger partial charge in [-0.05, 0) is 36.4 Å². The van der Waals surface area contributed by atoms with E-state index in [4.69, 9.17) is 5.73 Å². The first-order valence-electron chi connectivity index (χ1n) is 9.53. The second-order valence-electron chi connectivity index (χ2n) is 7.17. The van der Waals surface area contributed by atoms with Crippen molar-refractivity contribution in [3.8, 4) is 5.69 Å². The maximum absolute atomic E-state index is 13.2. The largest absolute Gasteiger partial charge is 0.416 e. The molecule has 0 aliphatic heterocycles. The molecular formula is C21H12F6N6O2. The number of primary amides is 1. The number of pyridine rings is 2. The number of hydrogen-bond acceptors (Lipinski definition) is 5. The lowest BCUT2D eigenvalue weighted by atomic mass is 10.1. The summed E-state index contributed by atoms with van der Waals surface area (Å²) >= 11 is 0. The van der Waals surface area contributed by atoms with Crippen molar-refractivity contribution in [3.05, 3.63) is 82.3 Å². The van der Waals surface area contributed by atoms with Crippen molar-refractivity contribution >= 4 is 28.7 Å². The maximum atomic E-state index is 13.2. The van der Waals surface area contributed by atoms with Crippen LogP contribution in [0.15, 0.2) is 59.9 Å². The third-order valence-corrected chi connectivity index (χ3v) is 4.81. The molecular weight excluding hydrogens is 482 g/mol. The van der Waals surface area contributed by atoms with Crippen molar-refractivity contribution in [2.24, 2.45) is 5.73 Å². The van der Waals surface area contributed by atoms with E-state index in [1.54, 1.807) is 12.1 Å². The number of halogens is 6. The van der Waals surface area contributed by atoms with E-state index >= 15 is 0 Å². The molecule has 0 aliphatic carbocycles. The lowest BCUT2D eigenvalue weighted by Crippen LogP contribution is -2.23. The van der Waals surface area contributed by atoms with Gasteiger partial charge in [0.05, 0.1) is 33.4 Å². The minimum Gasteiger partial charge on any atom is -0.366 e. The Morgan fingerprint density at radius 3 is 2.20 bits per heavy atom. The molecule has 0 saturated heterocycles. The minimum absolute atomic E-state index is 0.0720. The summed E-state index contributed by atoms with van der Waals surface area (Å²) in [6, 6.07) is 5.41. The lowest BCUT2D eigenvalue weighted by Gasteiger charge is -2.13. The molecule has 0 saturated carbocycles. The molecule has 0 atom stereocenters. The van der Waals surface area contributed by atoms with Crippen molar-refractivity contribution in [2.75, 3.05) is 0 Å². The molecule has 3 heterocycles. The maximum Gasteiger partial charge on any atom is 0.416 e. The van der Waals surface area contributed by atoms with Gasteiger partial charge in [0, 0.05) is 24.2 Å². The highest BCUT2D eigenvalue weighted by molar-refractivity contribution is 6.22. The molecule has 0 bridgehead atoms. The molecule has 1 amide bonds. The summed E-state index contributed by atoms with van der Waals surface area (Å²) in [5.41, 5.74) is 1.11. The smallest absolute Gasteiger partial charge is 0.366 e. The van der Waals surface area contributed by atoms with Gasteiger partial charge in [0.1, 0.15) is 6.33 Å². The molecule has 14 heteroatoms. The zero-order chi connectivity index (χ0) is 25.5. The van der Waals surface area contributed by atoms with Crippen LogP contribution in [0.25, 0.3) is 28.5 Å². The summed E-state index contributed by atoms with van der Waals surface area (Å²) < 4.78 is 80.0. The molecule has 0 unspecified atom stereocenters. The Labute approximate surface area is 190 Å². The molecule has 4 aromatic rings. The SMILES string of the molecule is NC(=O)/C(=C/n1cnn(-c2cc(C(F)(F)F)cc(C(F)(F)F)c2)c1=O)c1cnc2cccnc2c1. The molecule has 0 radical (unpaired) electrons. The van der Waals surface area contributed by atoms with Crippen molar-refractivity contribution in [1.82, 2.24) is 24.3 Å². The van der Waals surface area contributed by atoms with E-state index in [1.165, 1.54) is 18.5 Å². The first-order chi connectivity index (χ1) is 16.3. The van der Waals surface area contributed by atoms with Gasteiger partial charge < -0.3 is 5.73 Å². The van der Waals surface area contributed by atoms with Crippen LogP contribution in [0.2, 0.25) is 0 Å². The summed E-state index contributed by atoms with van der Waals surface area (Å²) in [6.07, 6.45) is -5.70. The monoisotopic (exact) mass is 494 g/mol. The topological polar surface area (TPSA) is 109 Å². The van der Waals surface area contributed by atoms with Crippen LogP contribution in [-0.2, 0) is 17.1 Å². The van der Waals surface area contributed by atoms with Crippen molar-refractivity contribution in [3.63, 3.8) is 0 Å². The van der Waals surface area contributed by atoms with Crippen molar-refractivity contribution in [1.29, 1.82) is 0 Å². The quantitative estimate of drug-likeness (QED) is 0.345. The molecule has 0 aliphatic rings. The number of benzene rings is 1. The first kappa shape index (κ1) is 23.7. The summed E-state index contributed by atoms with van der Waals surface area (Å²) in [4.78, 5) is 33.1. The Morgan fingerprint density at radius 1 is 0.943 bits per heavy atom. The summed E-state index contributed by atoms with van der Waals surface area (Å²) in [6.45, 7) is 0. The van der Waals surface area contributed by atoms with Crippen molar-refractivity contribution in [2.45, 2.75) is 12.4 Å². The van der Waals surface area contributed by atoms with E-state index in [9.17, 15) is 35.9 Å². The lowest BCUT2D eigenvalue weighted by molar-refractivity contribution is -0.143. The number of carbonyl (C=O) groups excluding carboxylic acids is 1. The van der Waals surface area contributed by atoms with E-state index in [0.717, 1.165) is 12.5 Å². The minimum atomic E-state index is -5.11. The normalized spacial score (nSPS) is 12.8. The van der Waals surface area contributed by atoms with Gasteiger partial charge in [-0.25, -0.2) is 4.79 Å². The van der Waals surface area contributed by atoms with Crippen LogP contribution in [0.5, 0.6) is 0 Å². The third kappa shape index (κ3) is 4.76. The number of nitrogens with two attached hydrogens (primary N) is 1. The Morgan fingerprint density at radius 2 is 1.60 bits per heavy atom. The van der Waals surface area contributed by atoms with Gasteiger partial charge in [-0.3, -0.25) is 19.3 Å². The highest BCUT2D eigenvalue weighted by Crippen LogP contribution is 2.36. The number of carbonyl (C=O) groups is 1. The van der Waals surface area contributed by atoms with Crippen LogP contribution in [0.1, 0.15) is 16.7 Å². The molecule has 0 fully saturated rings. The Hall–Kier alpha value is -4.49. The molecule has 4 rings (SSSR count). The predicted octanol–water partition coefficient (Wildman–Crippen LogP) is 3.50. The summed E-state index contributed by atoms with van der Waals surface area (Å²) in [7, 11) is 0. The second-order valence-corrected chi connectivity index (χ2v) is 7.17. The number of aromatic nitrogens is 5. The third-order valence-electron chi connectivity index (χ3n) is 4.81. The summed E-state index contributed by atoms with van der Waals surface area (Å²) in [5.74, 6) is -0.986. The number of nitrogens with zero attached hydrogens (tertiary/aromatic N) is 5. The highest BCUT2D eigenvalue weighted by Gasteiger charge is 2.37. The van der Waals surface area contributed by atoms with Gasteiger partial charge in [-0.15, -0.1) is 0 Å². The van der Waals surface area contributed by atoms with Gasteiger partial charge >= 0.3 is 18.0 Å². The van der Waals surface area contributed by atoms with Gasteiger partial charge in [-0.2, -0.15) is 36.1 Å². The standard InChI is InChI=1S/C21H12F6N6O2/c22-20(23,24)12-5-13(21(25,26)27)7-14(6-12)33-19(35)32(10-31-33)9-15(18(28)34)11-4-17-16(30-8-11)2-1-3-29-17/h1-10H,(H2,28,34)/b15-9+. The Bertz CT molecular complexity index is 1500. The molecule has 35 heavy (non-hydrogen) atoms. The number of amides is 1. The summed E-state index contributed by atoms with van der Waals surface area (Å²) in [5, 5.41) is 3.60. The van der Waals surface area contributed by atoms with Crippen molar-refractivity contribution < 1.29 is 31.1 Å². The predicted molar refractivity (Wildman–Crippen MR) is 111 cm³/mol. The molecule has 0 spiro atoms. The number of rotatable bonds is 4. The van der Waals surface area contributed by atoms with Crippen LogP contribution in [-0.4, -0.2) is 30.2 Å². The Balaban J connectivity index is 1.83. The number of fused-ring (bicyclic) bond motifs is 1. The van der Waals surface area contributed by atoms with Crippen LogP contribution < -0.4 is 11.4 Å². The average molecular weight is 494 g/mol. The molecule has 8 nitrogen and oxygen atoms in total. The highest BCUT2D eigenvalue weighted by atomic mass is 19.4. The molecule has 3 aromatic heterocycles. The molecule has 180 valence electrons.